The Morgan fingerprint density at radius 3 is 2.92 bits per heavy atom. The minimum Gasteiger partial charge on any atom is -0.369 e. The molecular formula is C18H25N3O4. The second-order valence-corrected chi connectivity index (χ2v) is 8.24. The van der Waals surface area contributed by atoms with Crippen LogP contribution in [0.15, 0.2) is 10.8 Å². The van der Waals surface area contributed by atoms with Crippen molar-refractivity contribution >= 4 is 11.8 Å². The minimum atomic E-state index is -0.426. The Morgan fingerprint density at radius 2 is 2.24 bits per heavy atom. The van der Waals surface area contributed by atoms with Gasteiger partial charge in [0.1, 0.15) is 11.9 Å². The molecule has 1 aliphatic carbocycles. The third-order valence-corrected chi connectivity index (χ3v) is 5.90. The van der Waals surface area contributed by atoms with E-state index in [0.29, 0.717) is 32.5 Å². The summed E-state index contributed by atoms with van der Waals surface area (Å²) >= 11 is 0. The van der Waals surface area contributed by atoms with Crippen LogP contribution in [0.5, 0.6) is 0 Å². The standard InChI is InChI=1S/C18H25N3O4/c1-12-13(8-25-20-12)5-16(23)21-11-18(6-14(21)9-24-18)10-19-15(22)7-17(2)3-4-17/h8,14H,3-7,9-11H2,1-2H3,(H,19,22). The molecule has 0 spiro atoms. The number of carbonyl (C=O) groups excluding carboxylic acids is 2. The first kappa shape index (κ1) is 16.6. The zero-order chi connectivity index (χ0) is 17.7. The van der Waals surface area contributed by atoms with Crippen molar-refractivity contribution in [1.82, 2.24) is 15.4 Å². The first-order chi connectivity index (χ1) is 11.9. The Hall–Kier alpha value is -1.89. The van der Waals surface area contributed by atoms with Crippen LogP contribution in [0.1, 0.15) is 43.9 Å². The van der Waals surface area contributed by atoms with Gasteiger partial charge in [-0.25, -0.2) is 0 Å². The number of likely N-dealkylation sites (tertiary alicyclic amines) is 1. The highest BCUT2D eigenvalue weighted by molar-refractivity contribution is 5.80. The third kappa shape index (κ3) is 3.29. The van der Waals surface area contributed by atoms with Crippen LogP contribution < -0.4 is 5.32 Å². The third-order valence-electron chi connectivity index (χ3n) is 5.90. The van der Waals surface area contributed by atoms with E-state index in [4.69, 9.17) is 9.26 Å². The van der Waals surface area contributed by atoms with E-state index < -0.39 is 5.60 Å². The summed E-state index contributed by atoms with van der Waals surface area (Å²) in [5.74, 6) is 0.157. The fourth-order valence-corrected chi connectivity index (χ4v) is 3.89. The Bertz CT molecular complexity index is 696. The van der Waals surface area contributed by atoms with E-state index >= 15 is 0 Å². The Labute approximate surface area is 147 Å². The molecule has 3 fully saturated rings. The van der Waals surface area contributed by atoms with E-state index in [1.54, 1.807) is 0 Å². The van der Waals surface area contributed by atoms with Crippen LogP contribution in [0.3, 0.4) is 0 Å². The number of hydrogen-bond donors (Lipinski definition) is 1. The van der Waals surface area contributed by atoms with E-state index in [9.17, 15) is 9.59 Å². The molecule has 3 aliphatic rings. The van der Waals surface area contributed by atoms with Gasteiger partial charge in [0, 0.05) is 24.9 Å². The van der Waals surface area contributed by atoms with Gasteiger partial charge in [-0.15, -0.1) is 0 Å². The van der Waals surface area contributed by atoms with Gasteiger partial charge in [0.05, 0.1) is 31.3 Å². The fourth-order valence-electron chi connectivity index (χ4n) is 3.89. The summed E-state index contributed by atoms with van der Waals surface area (Å²) in [5.41, 5.74) is 1.36. The summed E-state index contributed by atoms with van der Waals surface area (Å²) in [6, 6.07) is 0.102. The lowest BCUT2D eigenvalue weighted by Gasteiger charge is -2.33. The van der Waals surface area contributed by atoms with Gasteiger partial charge in [0.2, 0.25) is 11.8 Å². The maximum Gasteiger partial charge on any atom is 0.227 e. The molecule has 2 saturated heterocycles. The van der Waals surface area contributed by atoms with E-state index in [0.717, 1.165) is 30.5 Å². The molecule has 1 N–H and O–H groups in total. The van der Waals surface area contributed by atoms with Gasteiger partial charge in [-0.05, 0) is 25.2 Å². The number of nitrogens with one attached hydrogen (secondary N) is 1. The summed E-state index contributed by atoms with van der Waals surface area (Å²) < 4.78 is 10.8. The van der Waals surface area contributed by atoms with Gasteiger partial charge in [0.25, 0.3) is 0 Å². The molecule has 7 heteroatoms. The van der Waals surface area contributed by atoms with E-state index in [1.807, 2.05) is 11.8 Å². The van der Waals surface area contributed by atoms with E-state index in [-0.39, 0.29) is 23.3 Å². The normalized spacial score (nSPS) is 29.0. The summed E-state index contributed by atoms with van der Waals surface area (Å²) in [5, 5.41) is 6.85. The first-order valence-corrected chi connectivity index (χ1v) is 8.98. The lowest BCUT2D eigenvalue weighted by molar-refractivity contribution is -0.138. The number of fused-ring (bicyclic) bond motifs is 2. The molecule has 2 aliphatic heterocycles. The van der Waals surface area contributed by atoms with Crippen molar-refractivity contribution in [1.29, 1.82) is 0 Å². The molecule has 2 amide bonds. The number of hydrogen-bond acceptors (Lipinski definition) is 5. The number of ether oxygens (including phenoxy) is 1. The Balaban J connectivity index is 1.33. The highest BCUT2D eigenvalue weighted by atomic mass is 16.5. The van der Waals surface area contributed by atoms with Crippen molar-refractivity contribution in [3.63, 3.8) is 0 Å². The molecule has 136 valence electrons. The number of aryl methyl sites for hydroxylation is 1. The van der Waals surface area contributed by atoms with Crippen LogP contribution in [0, 0.1) is 12.3 Å². The number of nitrogens with zero attached hydrogens (tertiary/aromatic N) is 2. The van der Waals surface area contributed by atoms with Gasteiger partial charge < -0.3 is 19.5 Å². The topological polar surface area (TPSA) is 84.7 Å². The summed E-state index contributed by atoms with van der Waals surface area (Å²) in [7, 11) is 0. The second-order valence-electron chi connectivity index (χ2n) is 8.24. The average Bonchev–Trinajstić information content (AvgIpc) is 2.96. The van der Waals surface area contributed by atoms with Crippen molar-refractivity contribution in [3.05, 3.63) is 17.5 Å². The molecule has 2 atom stereocenters. The second kappa shape index (κ2) is 5.83. The molecule has 0 aromatic carbocycles. The molecule has 1 saturated carbocycles. The zero-order valence-electron chi connectivity index (χ0n) is 14.8. The van der Waals surface area contributed by atoms with Crippen LogP contribution in [0.25, 0.3) is 0 Å². The minimum absolute atomic E-state index is 0.0679. The van der Waals surface area contributed by atoms with Crippen LogP contribution in [-0.4, -0.2) is 53.2 Å². The van der Waals surface area contributed by atoms with Crippen molar-refractivity contribution in [3.8, 4) is 0 Å². The van der Waals surface area contributed by atoms with Gasteiger partial charge in [-0.2, -0.15) is 0 Å². The highest BCUT2D eigenvalue weighted by Gasteiger charge is 2.52. The number of morpholine rings is 1. The highest BCUT2D eigenvalue weighted by Crippen LogP contribution is 2.48. The lowest BCUT2D eigenvalue weighted by Crippen LogP contribution is -2.51. The SMILES string of the molecule is Cc1nocc1CC(=O)N1CC2(CNC(=O)CC3(C)CC3)CC1CO2. The van der Waals surface area contributed by atoms with Gasteiger partial charge >= 0.3 is 0 Å². The molecule has 7 nitrogen and oxygen atoms in total. The number of aromatic nitrogens is 1. The first-order valence-electron chi connectivity index (χ1n) is 8.98. The maximum atomic E-state index is 12.6. The summed E-state index contributed by atoms with van der Waals surface area (Å²) in [6.45, 7) is 5.55. The number of rotatable bonds is 6. The number of carbonyl (C=O) groups is 2. The van der Waals surface area contributed by atoms with Crippen LogP contribution >= 0.6 is 0 Å². The van der Waals surface area contributed by atoms with Crippen LogP contribution in [0.2, 0.25) is 0 Å². The van der Waals surface area contributed by atoms with Crippen molar-refractivity contribution in [2.24, 2.45) is 5.41 Å². The monoisotopic (exact) mass is 347 g/mol. The zero-order valence-corrected chi connectivity index (χ0v) is 14.8. The molecule has 3 heterocycles. The largest absolute Gasteiger partial charge is 0.369 e. The predicted molar refractivity (Wildman–Crippen MR) is 88.7 cm³/mol. The molecule has 2 unspecified atom stereocenters. The van der Waals surface area contributed by atoms with Crippen molar-refractivity contribution in [2.45, 2.75) is 57.6 Å². The molecule has 25 heavy (non-hydrogen) atoms. The lowest BCUT2D eigenvalue weighted by atomic mass is 10.0. The van der Waals surface area contributed by atoms with Gasteiger partial charge in [0.15, 0.2) is 0 Å². The van der Waals surface area contributed by atoms with Crippen LogP contribution in [0.4, 0.5) is 0 Å². The van der Waals surface area contributed by atoms with E-state index in [1.165, 1.54) is 6.26 Å². The molecule has 1 aromatic rings. The summed E-state index contributed by atoms with van der Waals surface area (Å²) in [4.78, 5) is 26.7. The van der Waals surface area contributed by atoms with Gasteiger partial charge in [-0.1, -0.05) is 12.1 Å². The molecule has 1 aromatic heterocycles. The van der Waals surface area contributed by atoms with Crippen molar-refractivity contribution in [2.75, 3.05) is 19.7 Å². The van der Waals surface area contributed by atoms with Gasteiger partial charge in [-0.3, -0.25) is 9.59 Å². The number of amides is 2. The maximum absolute atomic E-state index is 12.6. The Morgan fingerprint density at radius 1 is 1.44 bits per heavy atom. The quantitative estimate of drug-likeness (QED) is 0.836. The molecular weight excluding hydrogens is 322 g/mol. The predicted octanol–water partition coefficient (Wildman–Crippen LogP) is 1.20. The van der Waals surface area contributed by atoms with E-state index in [2.05, 4.69) is 17.4 Å². The van der Waals surface area contributed by atoms with Crippen molar-refractivity contribution < 1.29 is 18.8 Å². The average molecular weight is 347 g/mol. The molecule has 4 rings (SSSR count). The smallest absolute Gasteiger partial charge is 0.227 e. The fraction of sp³-hybridized carbons (Fsp3) is 0.722. The van der Waals surface area contributed by atoms with Crippen LogP contribution in [-0.2, 0) is 20.7 Å². The summed E-state index contributed by atoms with van der Waals surface area (Å²) in [6.07, 6.45) is 5.48. The molecule has 0 radical (unpaired) electrons. The Kier molecular flexibility index (Phi) is 3.86. The molecule has 2 bridgehead atoms.